The van der Waals surface area contributed by atoms with Gasteiger partial charge in [-0.3, -0.25) is 0 Å². The van der Waals surface area contributed by atoms with E-state index in [9.17, 15) is 22.4 Å². The molecule has 2 atom stereocenters. The second-order valence-corrected chi connectivity index (χ2v) is 9.16. The normalized spacial score (nSPS) is 14.2. The molecule has 0 aliphatic carbocycles. The first kappa shape index (κ1) is 23.7. The molecular formula is C23H26F4O3. The van der Waals surface area contributed by atoms with Crippen molar-refractivity contribution in [3.63, 3.8) is 0 Å². The summed E-state index contributed by atoms with van der Waals surface area (Å²) in [5.74, 6) is -1.40. The monoisotopic (exact) mass is 426 g/mol. The highest BCUT2D eigenvalue weighted by Gasteiger charge is 2.25. The minimum atomic E-state index is -2.36. The van der Waals surface area contributed by atoms with Crippen LogP contribution in [0.5, 0.6) is 0 Å². The lowest BCUT2D eigenvalue weighted by Crippen LogP contribution is -2.16. The van der Waals surface area contributed by atoms with Crippen molar-refractivity contribution in [2.45, 2.75) is 65.1 Å². The summed E-state index contributed by atoms with van der Waals surface area (Å²) in [6, 6.07) is 6.97. The minimum absolute atomic E-state index is 0.243. The maximum absolute atomic E-state index is 14.4. The van der Waals surface area contributed by atoms with Crippen molar-refractivity contribution in [3.05, 3.63) is 70.3 Å². The Kier molecular flexibility index (Phi) is 6.84. The SMILES string of the molecule is CC(C)(C)c1cc(F)cc(C(F)OC(=O)OC(F)c2cc(F)cc(C(C)(C)C)c2)c1. The lowest BCUT2D eigenvalue weighted by Gasteiger charge is -2.21. The largest absolute Gasteiger partial charge is 0.513 e. The number of alkyl halides is 2. The van der Waals surface area contributed by atoms with Crippen LogP contribution in [-0.2, 0) is 20.3 Å². The zero-order chi connectivity index (χ0) is 22.9. The number of carbonyl (C=O) groups is 1. The molecule has 0 radical (unpaired) electrons. The highest BCUT2D eigenvalue weighted by atomic mass is 19.2. The van der Waals surface area contributed by atoms with Gasteiger partial charge >= 0.3 is 6.16 Å². The van der Waals surface area contributed by atoms with Crippen LogP contribution in [0.3, 0.4) is 0 Å². The predicted octanol–water partition coefficient (Wildman–Crippen LogP) is 7.35. The van der Waals surface area contributed by atoms with Crippen molar-refractivity contribution in [1.82, 2.24) is 0 Å². The summed E-state index contributed by atoms with van der Waals surface area (Å²) < 4.78 is 65.3. The van der Waals surface area contributed by atoms with Crippen LogP contribution in [0.25, 0.3) is 0 Å². The number of benzene rings is 2. The van der Waals surface area contributed by atoms with Crippen LogP contribution >= 0.6 is 0 Å². The molecule has 0 amide bonds. The maximum Gasteiger partial charge on any atom is 0.513 e. The minimum Gasteiger partial charge on any atom is -0.395 e. The maximum atomic E-state index is 14.4. The third-order valence-corrected chi connectivity index (χ3v) is 4.50. The Labute approximate surface area is 174 Å². The van der Waals surface area contributed by atoms with E-state index in [0.717, 1.165) is 12.1 Å². The summed E-state index contributed by atoms with van der Waals surface area (Å²) in [5, 5.41) is 0. The molecule has 7 heteroatoms. The topological polar surface area (TPSA) is 35.5 Å². The zero-order valence-corrected chi connectivity index (χ0v) is 17.9. The molecule has 0 N–H and O–H groups in total. The molecule has 0 aliphatic rings. The van der Waals surface area contributed by atoms with Gasteiger partial charge in [0.05, 0.1) is 0 Å². The molecule has 2 unspecified atom stereocenters. The highest BCUT2D eigenvalue weighted by Crippen LogP contribution is 2.31. The van der Waals surface area contributed by atoms with E-state index in [1.807, 2.05) is 41.5 Å². The fourth-order valence-corrected chi connectivity index (χ4v) is 2.69. The number of carbonyl (C=O) groups excluding carboxylic acids is 1. The van der Waals surface area contributed by atoms with E-state index in [4.69, 9.17) is 0 Å². The van der Waals surface area contributed by atoms with Crippen molar-refractivity contribution >= 4 is 6.16 Å². The summed E-state index contributed by atoms with van der Waals surface area (Å²) in [7, 11) is 0. The lowest BCUT2D eigenvalue weighted by molar-refractivity contribution is -0.0769. The van der Waals surface area contributed by atoms with E-state index in [2.05, 4.69) is 9.47 Å². The second-order valence-electron chi connectivity index (χ2n) is 9.16. The van der Waals surface area contributed by atoms with Crippen molar-refractivity contribution < 1.29 is 31.8 Å². The molecule has 3 nitrogen and oxygen atoms in total. The van der Waals surface area contributed by atoms with Gasteiger partial charge in [-0.2, -0.15) is 8.78 Å². The van der Waals surface area contributed by atoms with Crippen LogP contribution in [0.15, 0.2) is 36.4 Å². The smallest absolute Gasteiger partial charge is 0.395 e. The van der Waals surface area contributed by atoms with Crippen molar-refractivity contribution in [3.8, 4) is 0 Å². The molecule has 0 saturated carbocycles. The summed E-state index contributed by atoms with van der Waals surface area (Å²) in [4.78, 5) is 11.8. The molecule has 30 heavy (non-hydrogen) atoms. The Morgan fingerprint density at radius 3 is 1.33 bits per heavy atom. The van der Waals surface area contributed by atoms with Gasteiger partial charge < -0.3 is 9.47 Å². The van der Waals surface area contributed by atoms with E-state index in [0.29, 0.717) is 11.1 Å². The number of hydrogen-bond donors (Lipinski definition) is 0. The molecule has 2 rings (SSSR count). The number of hydrogen-bond acceptors (Lipinski definition) is 3. The average molecular weight is 426 g/mol. The Bertz CT molecular complexity index is 840. The molecule has 0 bridgehead atoms. The van der Waals surface area contributed by atoms with E-state index in [-0.39, 0.29) is 11.1 Å². The molecule has 2 aromatic rings. The van der Waals surface area contributed by atoms with E-state index < -0.39 is 41.3 Å². The average Bonchev–Trinajstić information content (AvgIpc) is 2.58. The summed E-state index contributed by atoms with van der Waals surface area (Å²) >= 11 is 0. The first-order valence-electron chi connectivity index (χ1n) is 9.44. The van der Waals surface area contributed by atoms with Crippen LogP contribution in [-0.4, -0.2) is 6.16 Å². The van der Waals surface area contributed by atoms with Crippen molar-refractivity contribution in [2.75, 3.05) is 0 Å². The molecule has 164 valence electrons. The standard InChI is InChI=1S/C23H26F4O3/c1-22(2,3)15-7-13(9-17(24)11-15)19(26)29-21(28)30-20(27)14-8-16(23(4,5)6)12-18(25)10-14/h7-12,19-20H,1-6H3. The Hall–Kier alpha value is -2.57. The lowest BCUT2D eigenvalue weighted by atomic mass is 9.86. The van der Waals surface area contributed by atoms with E-state index >= 15 is 0 Å². The van der Waals surface area contributed by atoms with Gasteiger partial charge in [-0.25, -0.2) is 13.6 Å². The Morgan fingerprint density at radius 1 is 0.700 bits per heavy atom. The second kappa shape index (κ2) is 8.66. The quantitative estimate of drug-likeness (QED) is 0.379. The van der Waals surface area contributed by atoms with Gasteiger partial charge in [-0.1, -0.05) is 41.5 Å². The molecule has 0 aliphatic heterocycles. The third-order valence-electron chi connectivity index (χ3n) is 4.50. The van der Waals surface area contributed by atoms with Gasteiger partial charge in [0.15, 0.2) is 0 Å². The molecule has 0 aromatic heterocycles. The van der Waals surface area contributed by atoms with Gasteiger partial charge in [0, 0.05) is 11.1 Å². The third kappa shape index (κ3) is 6.21. The fraction of sp³-hybridized carbons (Fsp3) is 0.435. The van der Waals surface area contributed by atoms with E-state index in [1.165, 1.54) is 24.3 Å². The summed E-state index contributed by atoms with van der Waals surface area (Å²) in [5.41, 5.74) is -0.432. The van der Waals surface area contributed by atoms with Gasteiger partial charge in [-0.05, 0) is 58.4 Å². The highest BCUT2D eigenvalue weighted by molar-refractivity contribution is 5.60. The Morgan fingerprint density at radius 2 is 1.03 bits per heavy atom. The van der Waals surface area contributed by atoms with E-state index in [1.54, 1.807) is 0 Å². The van der Waals surface area contributed by atoms with Crippen LogP contribution < -0.4 is 0 Å². The molecule has 0 spiro atoms. The van der Waals surface area contributed by atoms with Gasteiger partial charge in [0.2, 0.25) is 0 Å². The first-order valence-corrected chi connectivity index (χ1v) is 9.44. The first-order chi connectivity index (χ1) is 13.7. The van der Waals surface area contributed by atoms with Gasteiger partial charge in [0.1, 0.15) is 11.6 Å². The fourth-order valence-electron chi connectivity index (χ4n) is 2.69. The zero-order valence-electron chi connectivity index (χ0n) is 17.9. The molecule has 2 aromatic carbocycles. The van der Waals surface area contributed by atoms with Crippen LogP contribution in [0.4, 0.5) is 22.4 Å². The summed E-state index contributed by atoms with van der Waals surface area (Å²) in [6.07, 6.45) is -6.36. The molecular weight excluding hydrogens is 400 g/mol. The summed E-state index contributed by atoms with van der Waals surface area (Å²) in [6.45, 7) is 10.9. The van der Waals surface area contributed by atoms with Crippen molar-refractivity contribution in [2.24, 2.45) is 0 Å². The number of ether oxygens (including phenoxy) is 2. The van der Waals surface area contributed by atoms with Crippen LogP contribution in [0.1, 0.15) is 76.5 Å². The van der Waals surface area contributed by atoms with Gasteiger partial charge in [0.25, 0.3) is 12.7 Å². The molecule has 0 fully saturated rings. The van der Waals surface area contributed by atoms with Crippen LogP contribution in [0, 0.1) is 11.6 Å². The number of rotatable bonds is 4. The molecule has 0 saturated heterocycles. The Balaban J connectivity index is 2.13. The van der Waals surface area contributed by atoms with Crippen molar-refractivity contribution in [1.29, 1.82) is 0 Å². The molecule has 0 heterocycles. The van der Waals surface area contributed by atoms with Crippen LogP contribution in [0.2, 0.25) is 0 Å². The van der Waals surface area contributed by atoms with Gasteiger partial charge in [-0.15, -0.1) is 0 Å². The predicted molar refractivity (Wildman–Crippen MR) is 105 cm³/mol. The number of halogens is 4.